The fourth-order valence-corrected chi connectivity index (χ4v) is 6.48. The van der Waals surface area contributed by atoms with Crippen molar-refractivity contribution in [3.63, 3.8) is 0 Å². The van der Waals surface area contributed by atoms with Crippen molar-refractivity contribution in [2.45, 2.75) is 50.2 Å². The summed E-state index contributed by atoms with van der Waals surface area (Å²) in [6.07, 6.45) is 0.0941. The minimum Gasteiger partial charge on any atom is -0.497 e. The fourth-order valence-electron chi connectivity index (χ4n) is 5.04. The van der Waals surface area contributed by atoms with E-state index < -0.39 is 45.8 Å². The van der Waals surface area contributed by atoms with Crippen molar-refractivity contribution in [1.29, 1.82) is 0 Å². The molecule has 11 heteroatoms. The lowest BCUT2D eigenvalue weighted by Crippen LogP contribution is -2.56. The predicted molar refractivity (Wildman–Crippen MR) is 179 cm³/mol. The van der Waals surface area contributed by atoms with E-state index in [2.05, 4.69) is 5.32 Å². The summed E-state index contributed by atoms with van der Waals surface area (Å²) >= 11 is 0. The zero-order valence-electron chi connectivity index (χ0n) is 27.1. The molecule has 0 saturated carbocycles. The molecule has 0 heterocycles. The van der Waals surface area contributed by atoms with Crippen LogP contribution in [0.2, 0.25) is 0 Å². The van der Waals surface area contributed by atoms with Gasteiger partial charge in [0, 0.05) is 30.1 Å². The Morgan fingerprint density at radius 3 is 2.06 bits per heavy atom. The number of hydrogen-bond donors (Lipinski definition) is 1. The number of benzene rings is 4. The molecule has 1 atom stereocenters. The lowest BCUT2D eigenvalue weighted by Gasteiger charge is -2.35. The van der Waals surface area contributed by atoms with Crippen molar-refractivity contribution >= 4 is 27.5 Å². The molecule has 4 aromatic rings. The van der Waals surface area contributed by atoms with Gasteiger partial charge in [0.15, 0.2) is 0 Å². The second-order valence-electron chi connectivity index (χ2n) is 11.9. The number of amides is 2. The smallest absolute Gasteiger partial charge is 0.264 e. The van der Waals surface area contributed by atoms with Crippen molar-refractivity contribution in [2.24, 2.45) is 0 Å². The van der Waals surface area contributed by atoms with E-state index in [0.29, 0.717) is 5.75 Å². The third kappa shape index (κ3) is 8.88. The van der Waals surface area contributed by atoms with Crippen LogP contribution in [-0.4, -0.2) is 57.5 Å². The Balaban J connectivity index is 1.88. The number of halogens is 1. The highest BCUT2D eigenvalue weighted by Crippen LogP contribution is 2.36. The van der Waals surface area contributed by atoms with E-state index in [9.17, 15) is 18.0 Å². The zero-order valence-corrected chi connectivity index (χ0v) is 28.0. The van der Waals surface area contributed by atoms with Crippen LogP contribution in [-0.2, 0) is 32.6 Å². The standard InChI is InChI=1S/C36H40FN3O6S/c1-36(2,3)38-35(42)32(22-26-14-8-6-9-15-26)39(24-27-16-12-13-19-30(27)37)34(41)25-40(47(43,44)29-17-10-7-11-18-29)31-23-28(45-4)20-21-33(31)46-5/h6-21,23,32H,22,24-25H2,1-5H3,(H,38,42)/t32-/m1/s1. The van der Waals surface area contributed by atoms with Crippen LogP contribution in [0.1, 0.15) is 31.9 Å². The van der Waals surface area contributed by atoms with E-state index in [1.165, 1.54) is 61.6 Å². The van der Waals surface area contributed by atoms with E-state index in [4.69, 9.17) is 9.47 Å². The highest BCUT2D eigenvalue weighted by molar-refractivity contribution is 7.92. The fraction of sp³-hybridized carbons (Fsp3) is 0.278. The number of methoxy groups -OCH3 is 2. The van der Waals surface area contributed by atoms with Gasteiger partial charge in [-0.1, -0.05) is 66.7 Å². The van der Waals surface area contributed by atoms with E-state index in [1.54, 1.807) is 30.3 Å². The van der Waals surface area contributed by atoms with Gasteiger partial charge in [-0.3, -0.25) is 13.9 Å². The molecule has 0 radical (unpaired) electrons. The molecule has 0 aliphatic heterocycles. The Kier molecular flexibility index (Phi) is 11.3. The molecule has 0 fully saturated rings. The summed E-state index contributed by atoms with van der Waals surface area (Å²) in [5, 5.41) is 2.95. The van der Waals surface area contributed by atoms with Crippen LogP contribution in [0.5, 0.6) is 11.5 Å². The molecule has 0 aromatic heterocycles. The molecule has 4 rings (SSSR count). The number of sulfonamides is 1. The monoisotopic (exact) mass is 661 g/mol. The molecule has 248 valence electrons. The Hall–Kier alpha value is -4.90. The number of nitrogens with zero attached hydrogens (tertiary/aromatic N) is 2. The van der Waals surface area contributed by atoms with Gasteiger partial charge < -0.3 is 19.7 Å². The number of ether oxygens (including phenoxy) is 2. The minimum absolute atomic E-state index is 0.0497. The van der Waals surface area contributed by atoms with Crippen molar-refractivity contribution in [3.05, 3.63) is 120 Å². The van der Waals surface area contributed by atoms with Crippen LogP contribution in [0, 0.1) is 5.82 Å². The molecule has 0 aliphatic rings. The molecule has 0 saturated heterocycles. The molecule has 4 aromatic carbocycles. The Morgan fingerprint density at radius 2 is 1.47 bits per heavy atom. The summed E-state index contributed by atoms with van der Waals surface area (Å²) in [5.41, 5.74) is 0.318. The summed E-state index contributed by atoms with van der Waals surface area (Å²) in [5.74, 6) is -1.27. The average molecular weight is 662 g/mol. The average Bonchev–Trinajstić information content (AvgIpc) is 3.05. The largest absolute Gasteiger partial charge is 0.497 e. The van der Waals surface area contributed by atoms with Crippen molar-refractivity contribution < 1.29 is 31.9 Å². The number of carbonyl (C=O) groups is 2. The number of carbonyl (C=O) groups excluding carboxylic acids is 2. The second-order valence-corrected chi connectivity index (χ2v) is 13.8. The van der Waals surface area contributed by atoms with E-state index in [1.807, 2.05) is 51.1 Å². The molecule has 0 unspecified atom stereocenters. The van der Waals surface area contributed by atoms with Gasteiger partial charge in [0.2, 0.25) is 11.8 Å². The highest BCUT2D eigenvalue weighted by atomic mass is 32.2. The van der Waals surface area contributed by atoms with Gasteiger partial charge in [0.1, 0.15) is 29.9 Å². The molecule has 0 spiro atoms. The lowest BCUT2D eigenvalue weighted by molar-refractivity contribution is -0.140. The van der Waals surface area contributed by atoms with Crippen LogP contribution in [0.3, 0.4) is 0 Å². The maximum absolute atomic E-state index is 15.1. The third-order valence-electron chi connectivity index (χ3n) is 7.33. The minimum atomic E-state index is -4.38. The van der Waals surface area contributed by atoms with Gasteiger partial charge in [-0.2, -0.15) is 0 Å². The molecule has 0 bridgehead atoms. The molecule has 1 N–H and O–H groups in total. The van der Waals surface area contributed by atoms with Crippen LogP contribution in [0.25, 0.3) is 0 Å². The second kappa shape index (κ2) is 15.1. The third-order valence-corrected chi connectivity index (χ3v) is 9.11. The first-order valence-electron chi connectivity index (χ1n) is 15.0. The van der Waals surface area contributed by atoms with Gasteiger partial charge in [-0.05, 0) is 56.7 Å². The van der Waals surface area contributed by atoms with Gasteiger partial charge >= 0.3 is 0 Å². The van der Waals surface area contributed by atoms with Gasteiger partial charge in [-0.15, -0.1) is 0 Å². The van der Waals surface area contributed by atoms with Gasteiger partial charge in [0.25, 0.3) is 10.0 Å². The van der Waals surface area contributed by atoms with E-state index in [0.717, 1.165) is 9.87 Å². The molecular formula is C36H40FN3O6S. The Bertz CT molecular complexity index is 1780. The predicted octanol–water partition coefficient (Wildman–Crippen LogP) is 5.59. The number of nitrogens with one attached hydrogen (secondary N) is 1. The van der Waals surface area contributed by atoms with Crippen molar-refractivity contribution in [2.75, 3.05) is 25.1 Å². The summed E-state index contributed by atoms with van der Waals surface area (Å²) < 4.78 is 55.5. The first-order valence-corrected chi connectivity index (χ1v) is 16.5. The van der Waals surface area contributed by atoms with Crippen LogP contribution >= 0.6 is 0 Å². The lowest BCUT2D eigenvalue weighted by atomic mass is 10.0. The number of hydrogen-bond acceptors (Lipinski definition) is 6. The molecule has 2 amide bonds. The SMILES string of the molecule is COc1ccc(OC)c(N(CC(=O)N(Cc2ccccc2F)[C@H](Cc2ccccc2)C(=O)NC(C)(C)C)S(=O)(=O)c2ccccc2)c1. The van der Waals surface area contributed by atoms with Crippen molar-refractivity contribution in [1.82, 2.24) is 10.2 Å². The quantitative estimate of drug-likeness (QED) is 0.200. The van der Waals surface area contributed by atoms with Gasteiger partial charge in [-0.25, -0.2) is 12.8 Å². The normalized spacial score (nSPS) is 12.1. The van der Waals surface area contributed by atoms with E-state index in [-0.39, 0.29) is 34.9 Å². The maximum atomic E-state index is 15.1. The highest BCUT2D eigenvalue weighted by Gasteiger charge is 2.36. The maximum Gasteiger partial charge on any atom is 0.264 e. The molecule has 9 nitrogen and oxygen atoms in total. The first-order chi connectivity index (χ1) is 22.3. The van der Waals surface area contributed by atoms with E-state index >= 15 is 4.39 Å². The van der Waals surface area contributed by atoms with Gasteiger partial charge in [0.05, 0.1) is 24.8 Å². The van der Waals surface area contributed by atoms with Crippen molar-refractivity contribution in [3.8, 4) is 11.5 Å². The van der Waals surface area contributed by atoms with Crippen LogP contribution in [0.15, 0.2) is 108 Å². The summed E-state index contributed by atoms with van der Waals surface area (Å²) in [4.78, 5) is 29.8. The Morgan fingerprint density at radius 1 is 0.851 bits per heavy atom. The Labute approximate surface area is 276 Å². The van der Waals surface area contributed by atoms with Crippen LogP contribution < -0.4 is 19.1 Å². The summed E-state index contributed by atoms with van der Waals surface area (Å²) in [6.45, 7) is 4.42. The molecule has 47 heavy (non-hydrogen) atoms. The number of rotatable bonds is 13. The zero-order chi connectivity index (χ0) is 34.2. The summed E-state index contributed by atoms with van der Waals surface area (Å²) in [6, 6.07) is 26.3. The topological polar surface area (TPSA) is 105 Å². The first kappa shape index (κ1) is 35.0. The molecule has 0 aliphatic carbocycles. The van der Waals surface area contributed by atoms with Crippen LogP contribution in [0.4, 0.5) is 10.1 Å². The number of anilines is 1. The molecular weight excluding hydrogens is 621 g/mol. The summed E-state index contributed by atoms with van der Waals surface area (Å²) in [7, 11) is -1.56.